The van der Waals surface area contributed by atoms with Gasteiger partial charge in [-0.2, -0.15) is 0 Å². The molecule has 8 heteroatoms. The lowest BCUT2D eigenvalue weighted by molar-refractivity contribution is -0.384. The molecular formula is C11H18N4O4. The first kappa shape index (κ1) is 15.1. The lowest BCUT2D eigenvalue weighted by Crippen LogP contribution is -2.28. The maximum atomic E-state index is 10.9. The van der Waals surface area contributed by atoms with E-state index in [0.29, 0.717) is 12.4 Å². The first-order valence-corrected chi connectivity index (χ1v) is 5.99. The van der Waals surface area contributed by atoms with Gasteiger partial charge in [0.25, 0.3) is 0 Å². The monoisotopic (exact) mass is 270 g/mol. The molecule has 106 valence electrons. The summed E-state index contributed by atoms with van der Waals surface area (Å²) in [5, 5.41) is 34.5. The van der Waals surface area contributed by atoms with Crippen molar-refractivity contribution in [1.82, 2.24) is 4.98 Å². The molecule has 0 unspecified atom stereocenters. The van der Waals surface area contributed by atoms with Gasteiger partial charge >= 0.3 is 5.69 Å². The van der Waals surface area contributed by atoms with Gasteiger partial charge in [0.15, 0.2) is 0 Å². The zero-order valence-corrected chi connectivity index (χ0v) is 10.7. The summed E-state index contributed by atoms with van der Waals surface area (Å²) < 4.78 is 0. The molecule has 0 saturated heterocycles. The maximum absolute atomic E-state index is 10.9. The zero-order chi connectivity index (χ0) is 14.3. The Labute approximate surface area is 110 Å². The second-order valence-corrected chi connectivity index (χ2v) is 3.95. The average molecular weight is 270 g/mol. The Morgan fingerprint density at radius 3 is 2.63 bits per heavy atom. The Morgan fingerprint density at radius 1 is 1.42 bits per heavy atom. The van der Waals surface area contributed by atoms with Crippen LogP contribution in [-0.4, -0.2) is 45.9 Å². The highest BCUT2D eigenvalue weighted by Crippen LogP contribution is 2.24. The van der Waals surface area contributed by atoms with Crippen molar-refractivity contribution in [2.75, 3.05) is 30.4 Å². The molecule has 1 aromatic rings. The molecule has 1 rings (SSSR count). The Balaban J connectivity index is 2.97. The third-order valence-corrected chi connectivity index (χ3v) is 2.41. The molecule has 0 saturated carbocycles. The summed E-state index contributed by atoms with van der Waals surface area (Å²) in [5.74, 6) is 0.531. The molecule has 1 aromatic heterocycles. The van der Waals surface area contributed by atoms with Crippen molar-refractivity contribution >= 4 is 17.3 Å². The molecule has 19 heavy (non-hydrogen) atoms. The summed E-state index contributed by atoms with van der Waals surface area (Å²) >= 11 is 0. The first-order valence-electron chi connectivity index (χ1n) is 5.99. The summed E-state index contributed by atoms with van der Waals surface area (Å²) in [6.07, 6.45) is 0.900. The van der Waals surface area contributed by atoms with Gasteiger partial charge in [0.1, 0.15) is 5.82 Å². The van der Waals surface area contributed by atoms with Gasteiger partial charge in [-0.1, -0.05) is 6.92 Å². The largest absolute Gasteiger partial charge is 0.394 e. The van der Waals surface area contributed by atoms with Crippen LogP contribution in [-0.2, 0) is 0 Å². The van der Waals surface area contributed by atoms with E-state index in [1.807, 2.05) is 6.92 Å². The Bertz CT molecular complexity index is 423. The van der Waals surface area contributed by atoms with Gasteiger partial charge in [0.05, 0.1) is 24.2 Å². The number of pyridine rings is 1. The van der Waals surface area contributed by atoms with E-state index in [1.165, 1.54) is 12.1 Å². The molecule has 0 atom stereocenters. The minimum atomic E-state index is -0.687. The molecule has 8 nitrogen and oxygen atoms in total. The second-order valence-electron chi connectivity index (χ2n) is 3.95. The molecule has 0 bridgehead atoms. The summed E-state index contributed by atoms with van der Waals surface area (Å²) in [6.45, 7) is 2.00. The standard InChI is InChI=1S/C11H18N4O4/c1-2-5-12-10-4-3-9(15(18)19)11(14-10)13-8(6-16)7-17/h3-4,8,16-17H,2,5-7H2,1H3,(H2,12,13,14). The molecule has 1 heterocycles. The SMILES string of the molecule is CCCNc1ccc([N+](=O)[O-])c(NC(CO)CO)n1. The average Bonchev–Trinajstić information content (AvgIpc) is 2.42. The number of aliphatic hydroxyl groups excluding tert-OH is 2. The van der Waals surface area contributed by atoms with Crippen LogP contribution in [0.5, 0.6) is 0 Å². The number of hydrogen-bond donors (Lipinski definition) is 4. The van der Waals surface area contributed by atoms with Crippen LogP contribution in [0.25, 0.3) is 0 Å². The molecule has 0 aliphatic rings. The van der Waals surface area contributed by atoms with E-state index in [2.05, 4.69) is 15.6 Å². The lowest BCUT2D eigenvalue weighted by atomic mass is 10.3. The lowest BCUT2D eigenvalue weighted by Gasteiger charge is -2.15. The molecule has 4 N–H and O–H groups in total. The maximum Gasteiger partial charge on any atom is 0.311 e. The number of aromatic nitrogens is 1. The quantitative estimate of drug-likeness (QED) is 0.402. The predicted octanol–water partition coefficient (Wildman–Crippen LogP) is 0.577. The number of nitrogens with zero attached hydrogens (tertiary/aromatic N) is 2. The number of aliphatic hydroxyl groups is 2. The van der Waals surface area contributed by atoms with Crippen molar-refractivity contribution in [3.8, 4) is 0 Å². The van der Waals surface area contributed by atoms with E-state index in [9.17, 15) is 10.1 Å². The van der Waals surface area contributed by atoms with E-state index in [0.717, 1.165) is 6.42 Å². The summed E-state index contributed by atoms with van der Waals surface area (Å²) in [6, 6.07) is 2.16. The van der Waals surface area contributed by atoms with Crippen molar-refractivity contribution in [2.45, 2.75) is 19.4 Å². The van der Waals surface area contributed by atoms with Crippen LogP contribution < -0.4 is 10.6 Å². The fourth-order valence-electron chi connectivity index (χ4n) is 1.40. The number of rotatable bonds is 8. The van der Waals surface area contributed by atoms with Crippen LogP contribution in [0.1, 0.15) is 13.3 Å². The Hall–Kier alpha value is -1.93. The van der Waals surface area contributed by atoms with Crippen molar-refractivity contribution < 1.29 is 15.1 Å². The third-order valence-electron chi connectivity index (χ3n) is 2.41. The fraction of sp³-hybridized carbons (Fsp3) is 0.545. The van der Waals surface area contributed by atoms with E-state index in [-0.39, 0.29) is 24.7 Å². The van der Waals surface area contributed by atoms with Gasteiger partial charge in [-0.25, -0.2) is 4.98 Å². The van der Waals surface area contributed by atoms with E-state index in [4.69, 9.17) is 10.2 Å². The Morgan fingerprint density at radius 2 is 2.11 bits per heavy atom. The zero-order valence-electron chi connectivity index (χ0n) is 10.7. The van der Waals surface area contributed by atoms with Crippen molar-refractivity contribution in [1.29, 1.82) is 0 Å². The second kappa shape index (κ2) is 7.49. The molecule has 0 aliphatic heterocycles. The summed E-state index contributed by atoms with van der Waals surface area (Å²) in [5.41, 5.74) is -0.200. The van der Waals surface area contributed by atoms with Crippen LogP contribution >= 0.6 is 0 Å². The van der Waals surface area contributed by atoms with Crippen molar-refractivity contribution in [3.63, 3.8) is 0 Å². The summed E-state index contributed by atoms with van der Waals surface area (Å²) in [4.78, 5) is 14.4. The normalized spacial score (nSPS) is 10.5. The van der Waals surface area contributed by atoms with Crippen LogP contribution in [0.4, 0.5) is 17.3 Å². The highest BCUT2D eigenvalue weighted by molar-refractivity contribution is 5.60. The molecule has 0 fully saturated rings. The highest BCUT2D eigenvalue weighted by Gasteiger charge is 2.18. The highest BCUT2D eigenvalue weighted by atomic mass is 16.6. The van der Waals surface area contributed by atoms with E-state index < -0.39 is 11.0 Å². The van der Waals surface area contributed by atoms with Gasteiger partial charge in [-0.15, -0.1) is 0 Å². The molecule has 0 radical (unpaired) electrons. The molecule has 0 aromatic carbocycles. The smallest absolute Gasteiger partial charge is 0.311 e. The minimum absolute atomic E-state index is 0.0270. The number of nitro groups is 1. The minimum Gasteiger partial charge on any atom is -0.394 e. The van der Waals surface area contributed by atoms with Gasteiger partial charge in [-0.3, -0.25) is 10.1 Å². The van der Waals surface area contributed by atoms with Gasteiger partial charge in [0, 0.05) is 12.6 Å². The Kier molecular flexibility index (Phi) is 5.97. The number of nitrogens with one attached hydrogen (secondary N) is 2. The van der Waals surface area contributed by atoms with Crippen LogP contribution in [0.2, 0.25) is 0 Å². The predicted molar refractivity (Wildman–Crippen MR) is 71.3 cm³/mol. The van der Waals surface area contributed by atoms with Crippen LogP contribution in [0, 0.1) is 10.1 Å². The summed E-state index contributed by atoms with van der Waals surface area (Å²) in [7, 11) is 0. The van der Waals surface area contributed by atoms with Gasteiger partial charge < -0.3 is 20.8 Å². The molecule has 0 amide bonds. The van der Waals surface area contributed by atoms with Crippen molar-refractivity contribution in [3.05, 3.63) is 22.2 Å². The van der Waals surface area contributed by atoms with Crippen molar-refractivity contribution in [2.24, 2.45) is 0 Å². The van der Waals surface area contributed by atoms with E-state index in [1.54, 1.807) is 0 Å². The fourth-order valence-corrected chi connectivity index (χ4v) is 1.40. The van der Waals surface area contributed by atoms with Gasteiger partial charge in [-0.05, 0) is 12.5 Å². The first-order chi connectivity index (χ1) is 9.12. The number of anilines is 2. The van der Waals surface area contributed by atoms with E-state index >= 15 is 0 Å². The topological polar surface area (TPSA) is 121 Å². The van der Waals surface area contributed by atoms with Crippen LogP contribution in [0.15, 0.2) is 12.1 Å². The van der Waals surface area contributed by atoms with Crippen LogP contribution in [0.3, 0.4) is 0 Å². The number of hydrogen-bond acceptors (Lipinski definition) is 7. The third kappa shape index (κ3) is 4.34. The molecule has 0 spiro atoms. The molecule has 0 aliphatic carbocycles. The molecular weight excluding hydrogens is 252 g/mol. The van der Waals surface area contributed by atoms with Gasteiger partial charge in [0.2, 0.25) is 5.82 Å².